The van der Waals surface area contributed by atoms with Crippen LogP contribution in [0.3, 0.4) is 0 Å². The molecule has 3 nitrogen and oxygen atoms in total. The number of allylic oxidation sites excluding steroid dienone is 1. The predicted octanol–water partition coefficient (Wildman–Crippen LogP) is 1.21. The lowest BCUT2D eigenvalue weighted by Crippen LogP contribution is -2.21. The summed E-state index contributed by atoms with van der Waals surface area (Å²) in [6, 6.07) is 1.74. The van der Waals surface area contributed by atoms with Gasteiger partial charge in [-0.2, -0.15) is 0 Å². The molecule has 0 aromatic carbocycles. The first-order valence-corrected chi connectivity index (χ1v) is 3.92. The van der Waals surface area contributed by atoms with Crippen LogP contribution in [0, 0.1) is 0 Å². The molecule has 0 N–H and O–H groups in total. The lowest BCUT2D eigenvalue weighted by molar-refractivity contribution is 0.701. The fourth-order valence-corrected chi connectivity index (χ4v) is 0.860. The van der Waals surface area contributed by atoms with E-state index in [1.165, 1.54) is 6.20 Å². The maximum atomic E-state index is 11.1. The summed E-state index contributed by atoms with van der Waals surface area (Å²) in [5.41, 5.74) is 0.817. The summed E-state index contributed by atoms with van der Waals surface area (Å²) in [5, 5.41) is 0. The molecule has 0 amide bonds. The lowest BCUT2D eigenvalue weighted by atomic mass is 10.2. The lowest BCUT2D eigenvalue weighted by Gasteiger charge is -2.04. The van der Waals surface area contributed by atoms with E-state index in [-0.39, 0.29) is 5.69 Å². The van der Waals surface area contributed by atoms with Gasteiger partial charge in [-0.25, -0.2) is 9.78 Å². The third kappa shape index (κ3) is 2.05. The van der Waals surface area contributed by atoms with Crippen LogP contribution in [-0.4, -0.2) is 9.55 Å². The molecule has 0 fully saturated rings. The average molecular weight is 164 g/mol. The molecular formula is C9H12N2O. The van der Waals surface area contributed by atoms with Crippen LogP contribution in [-0.2, 0) is 6.54 Å². The highest BCUT2D eigenvalue weighted by Crippen LogP contribution is 1.97. The molecule has 0 bridgehead atoms. The second-order valence-electron chi connectivity index (χ2n) is 2.63. The fraction of sp³-hybridized carbons (Fsp3) is 0.333. The molecule has 1 rings (SSSR count). The number of hydrogen-bond acceptors (Lipinski definition) is 2. The van der Waals surface area contributed by atoms with Crippen molar-refractivity contribution >= 4 is 0 Å². The summed E-state index contributed by atoms with van der Waals surface area (Å²) in [6.07, 6.45) is 4.10. The predicted molar refractivity (Wildman–Crippen MR) is 47.9 cm³/mol. The molecule has 64 valence electrons. The first kappa shape index (κ1) is 8.71. The molecule has 0 aliphatic rings. The van der Waals surface area contributed by atoms with Gasteiger partial charge in [-0.1, -0.05) is 19.1 Å². The van der Waals surface area contributed by atoms with E-state index in [1.54, 1.807) is 16.8 Å². The largest absolute Gasteiger partial charge is 0.347 e. The summed E-state index contributed by atoms with van der Waals surface area (Å²) in [6.45, 7) is 6.41. The van der Waals surface area contributed by atoms with Gasteiger partial charge in [0.25, 0.3) is 0 Å². The molecular weight excluding hydrogens is 152 g/mol. The molecule has 1 heterocycles. The van der Waals surface area contributed by atoms with Crippen molar-refractivity contribution in [3.05, 3.63) is 41.1 Å². The average Bonchev–Trinajstić information content (AvgIpc) is 2.09. The molecule has 12 heavy (non-hydrogen) atoms. The molecule has 0 radical (unpaired) electrons. The van der Waals surface area contributed by atoms with E-state index in [0.717, 1.165) is 12.0 Å². The Balaban J connectivity index is 2.83. The number of rotatable bonds is 3. The first-order valence-electron chi connectivity index (χ1n) is 3.92. The van der Waals surface area contributed by atoms with E-state index in [0.29, 0.717) is 6.54 Å². The van der Waals surface area contributed by atoms with Crippen molar-refractivity contribution in [2.45, 2.75) is 19.9 Å². The molecule has 0 saturated heterocycles. The zero-order valence-electron chi connectivity index (χ0n) is 7.16. The van der Waals surface area contributed by atoms with Crippen LogP contribution in [0.1, 0.15) is 13.3 Å². The van der Waals surface area contributed by atoms with E-state index >= 15 is 0 Å². The Morgan fingerprint density at radius 1 is 1.75 bits per heavy atom. The van der Waals surface area contributed by atoms with Gasteiger partial charge in [-0.3, -0.25) is 4.57 Å². The molecule has 0 aliphatic heterocycles. The summed E-state index contributed by atoms with van der Waals surface area (Å²) >= 11 is 0. The van der Waals surface area contributed by atoms with E-state index in [4.69, 9.17) is 0 Å². The second-order valence-corrected chi connectivity index (χ2v) is 2.63. The van der Waals surface area contributed by atoms with Crippen LogP contribution in [0.5, 0.6) is 0 Å². The quantitative estimate of drug-likeness (QED) is 0.629. The van der Waals surface area contributed by atoms with Gasteiger partial charge >= 0.3 is 5.69 Å². The second kappa shape index (κ2) is 3.85. The molecule has 0 atom stereocenters. The van der Waals surface area contributed by atoms with E-state index in [1.807, 2.05) is 6.92 Å². The van der Waals surface area contributed by atoms with Crippen LogP contribution < -0.4 is 5.69 Å². The first-order chi connectivity index (χ1) is 5.74. The highest BCUT2D eigenvalue weighted by Gasteiger charge is 1.95. The van der Waals surface area contributed by atoms with E-state index in [2.05, 4.69) is 11.6 Å². The zero-order valence-corrected chi connectivity index (χ0v) is 7.16. The number of hydrogen-bond donors (Lipinski definition) is 0. The molecule has 1 aromatic rings. The van der Waals surface area contributed by atoms with Crippen molar-refractivity contribution in [2.24, 2.45) is 0 Å². The van der Waals surface area contributed by atoms with Crippen molar-refractivity contribution in [1.29, 1.82) is 0 Å². The van der Waals surface area contributed by atoms with E-state index < -0.39 is 0 Å². The van der Waals surface area contributed by atoms with Crippen LogP contribution in [0.15, 0.2) is 35.4 Å². The number of aromatic nitrogens is 2. The van der Waals surface area contributed by atoms with Gasteiger partial charge in [0.2, 0.25) is 0 Å². The molecule has 0 saturated carbocycles. The van der Waals surface area contributed by atoms with Crippen molar-refractivity contribution in [3.8, 4) is 0 Å². The van der Waals surface area contributed by atoms with Crippen LogP contribution >= 0.6 is 0 Å². The minimum Gasteiger partial charge on any atom is -0.295 e. The SMILES string of the molecule is C=C(CC)Cn1cccnc1=O. The van der Waals surface area contributed by atoms with E-state index in [9.17, 15) is 4.79 Å². The molecule has 0 spiro atoms. The third-order valence-electron chi connectivity index (χ3n) is 1.68. The van der Waals surface area contributed by atoms with Gasteiger partial charge in [0.05, 0.1) is 0 Å². The Morgan fingerprint density at radius 2 is 2.50 bits per heavy atom. The van der Waals surface area contributed by atoms with Crippen molar-refractivity contribution in [2.75, 3.05) is 0 Å². The standard InChI is InChI=1S/C9H12N2O/c1-3-8(2)7-11-6-4-5-10-9(11)12/h4-6H,2-3,7H2,1H3. The number of nitrogens with zero attached hydrogens (tertiary/aromatic N) is 2. The summed E-state index contributed by atoms with van der Waals surface area (Å²) in [7, 11) is 0. The van der Waals surface area contributed by atoms with Crippen molar-refractivity contribution < 1.29 is 0 Å². The van der Waals surface area contributed by atoms with Crippen LogP contribution in [0.25, 0.3) is 0 Å². The Bertz CT molecular complexity index is 327. The highest BCUT2D eigenvalue weighted by molar-refractivity contribution is 4.94. The minimum atomic E-state index is -0.216. The van der Waals surface area contributed by atoms with Gasteiger partial charge in [0.15, 0.2) is 0 Å². The normalized spacial score (nSPS) is 9.75. The molecule has 3 heteroatoms. The molecule has 1 aromatic heterocycles. The monoisotopic (exact) mass is 164 g/mol. The minimum absolute atomic E-state index is 0.216. The summed E-state index contributed by atoms with van der Waals surface area (Å²) in [5.74, 6) is 0. The maximum absolute atomic E-state index is 11.1. The van der Waals surface area contributed by atoms with Crippen molar-refractivity contribution in [1.82, 2.24) is 9.55 Å². The Kier molecular flexibility index (Phi) is 2.80. The zero-order chi connectivity index (χ0) is 8.97. The Labute approximate surface area is 71.4 Å². The van der Waals surface area contributed by atoms with Gasteiger partial charge in [-0.15, -0.1) is 0 Å². The smallest absolute Gasteiger partial charge is 0.295 e. The summed E-state index contributed by atoms with van der Waals surface area (Å²) in [4.78, 5) is 14.7. The third-order valence-corrected chi connectivity index (χ3v) is 1.68. The summed E-state index contributed by atoms with van der Waals surface area (Å²) < 4.78 is 1.55. The maximum Gasteiger partial charge on any atom is 0.347 e. The topological polar surface area (TPSA) is 34.9 Å². The Hall–Kier alpha value is -1.38. The molecule has 0 aliphatic carbocycles. The molecule has 0 unspecified atom stereocenters. The fourth-order valence-electron chi connectivity index (χ4n) is 0.860. The van der Waals surface area contributed by atoms with Gasteiger partial charge in [0, 0.05) is 18.9 Å². The Morgan fingerprint density at radius 3 is 3.08 bits per heavy atom. The van der Waals surface area contributed by atoms with Crippen LogP contribution in [0.4, 0.5) is 0 Å². The highest BCUT2D eigenvalue weighted by atomic mass is 16.1. The van der Waals surface area contributed by atoms with Gasteiger partial charge in [0.1, 0.15) is 0 Å². The van der Waals surface area contributed by atoms with Gasteiger partial charge < -0.3 is 0 Å². The van der Waals surface area contributed by atoms with Crippen LogP contribution in [0.2, 0.25) is 0 Å². The van der Waals surface area contributed by atoms with Gasteiger partial charge in [-0.05, 0) is 12.5 Å². The van der Waals surface area contributed by atoms with Crippen molar-refractivity contribution in [3.63, 3.8) is 0 Å².